The topological polar surface area (TPSA) is 17.8 Å². The van der Waals surface area contributed by atoms with Gasteiger partial charge in [-0.05, 0) is 64.4 Å². The van der Waals surface area contributed by atoms with Crippen molar-refractivity contribution in [2.45, 2.75) is 19.8 Å². The highest BCUT2D eigenvalue weighted by molar-refractivity contribution is 5.92. The number of rotatable bonds is 1. The smallest absolute Gasteiger partial charge is 0.140 e. The van der Waals surface area contributed by atoms with Gasteiger partial charge in [-0.25, -0.2) is 4.98 Å². The lowest BCUT2D eigenvalue weighted by Crippen LogP contribution is -2.08. The third-order valence-electron chi connectivity index (χ3n) is 5.47. The van der Waals surface area contributed by atoms with Gasteiger partial charge in [0.2, 0.25) is 0 Å². The lowest BCUT2D eigenvalue weighted by Gasteiger charge is -2.24. The van der Waals surface area contributed by atoms with E-state index in [2.05, 4.69) is 72.1 Å². The van der Waals surface area contributed by atoms with E-state index >= 15 is 0 Å². The van der Waals surface area contributed by atoms with Gasteiger partial charge >= 0.3 is 0 Å². The molecule has 1 aliphatic carbocycles. The SMILES string of the molecule is Cc1ccc2c(c1-c1nccn1C)CCc1cc3ccccc3cc1-2. The van der Waals surface area contributed by atoms with Gasteiger partial charge in [-0.15, -0.1) is 0 Å². The van der Waals surface area contributed by atoms with Crippen LogP contribution in [0.15, 0.2) is 60.9 Å². The van der Waals surface area contributed by atoms with Crippen LogP contribution in [0.25, 0.3) is 33.3 Å². The highest BCUT2D eigenvalue weighted by Gasteiger charge is 2.22. The fraction of sp³-hybridized carbons (Fsp3) is 0.174. The Morgan fingerprint density at radius 2 is 1.72 bits per heavy atom. The molecule has 0 unspecified atom stereocenters. The van der Waals surface area contributed by atoms with Gasteiger partial charge in [0.25, 0.3) is 0 Å². The third-order valence-corrected chi connectivity index (χ3v) is 5.47. The summed E-state index contributed by atoms with van der Waals surface area (Å²) in [5, 5.41) is 2.65. The van der Waals surface area contributed by atoms with E-state index in [9.17, 15) is 0 Å². The summed E-state index contributed by atoms with van der Waals surface area (Å²) in [6.45, 7) is 2.19. The molecule has 5 rings (SSSR count). The van der Waals surface area contributed by atoms with Crippen molar-refractivity contribution in [2.75, 3.05) is 0 Å². The van der Waals surface area contributed by atoms with Crippen molar-refractivity contribution >= 4 is 10.8 Å². The standard InChI is InChI=1S/C23H20N2/c1-15-7-9-19-20(22(15)23-24-11-12-25(23)2)10-8-18-13-16-5-3-4-6-17(16)14-21(18)19/h3-7,9,11-14H,8,10H2,1-2H3. The zero-order chi connectivity index (χ0) is 17.0. The summed E-state index contributed by atoms with van der Waals surface area (Å²) in [4.78, 5) is 4.62. The van der Waals surface area contributed by atoms with Gasteiger partial charge in [-0.3, -0.25) is 0 Å². The molecule has 4 aromatic rings. The fourth-order valence-electron chi connectivity index (χ4n) is 4.20. The minimum Gasteiger partial charge on any atom is -0.334 e. The van der Waals surface area contributed by atoms with Crippen LogP contribution in [-0.4, -0.2) is 9.55 Å². The summed E-state index contributed by atoms with van der Waals surface area (Å²) < 4.78 is 2.12. The minimum absolute atomic E-state index is 1.07. The zero-order valence-corrected chi connectivity index (χ0v) is 14.6. The second-order valence-corrected chi connectivity index (χ2v) is 7.00. The average molecular weight is 324 g/mol. The summed E-state index contributed by atoms with van der Waals surface area (Å²) in [7, 11) is 2.07. The van der Waals surface area contributed by atoms with Gasteiger partial charge in [0.1, 0.15) is 5.82 Å². The molecule has 1 aromatic heterocycles. The van der Waals surface area contributed by atoms with Crippen LogP contribution in [0.1, 0.15) is 16.7 Å². The van der Waals surface area contributed by atoms with Crippen LogP contribution in [0.5, 0.6) is 0 Å². The maximum absolute atomic E-state index is 4.62. The molecule has 122 valence electrons. The first-order valence-electron chi connectivity index (χ1n) is 8.84. The number of hydrogen-bond donors (Lipinski definition) is 0. The van der Waals surface area contributed by atoms with E-state index in [1.165, 1.54) is 44.2 Å². The van der Waals surface area contributed by atoms with Gasteiger partial charge < -0.3 is 4.57 Å². The molecular formula is C23H20N2. The summed E-state index contributed by atoms with van der Waals surface area (Å²) in [6, 6.07) is 17.9. The van der Waals surface area contributed by atoms with Gasteiger partial charge in [0.15, 0.2) is 0 Å². The van der Waals surface area contributed by atoms with Crippen molar-refractivity contribution in [2.24, 2.45) is 7.05 Å². The molecule has 25 heavy (non-hydrogen) atoms. The molecule has 0 amide bonds. The molecule has 0 saturated heterocycles. The van der Waals surface area contributed by atoms with E-state index in [-0.39, 0.29) is 0 Å². The first-order chi connectivity index (χ1) is 12.2. The molecule has 0 N–H and O–H groups in total. The van der Waals surface area contributed by atoms with Crippen LogP contribution >= 0.6 is 0 Å². The number of aromatic nitrogens is 2. The van der Waals surface area contributed by atoms with Crippen molar-refractivity contribution in [1.82, 2.24) is 9.55 Å². The van der Waals surface area contributed by atoms with Crippen LogP contribution in [-0.2, 0) is 19.9 Å². The molecular weight excluding hydrogens is 304 g/mol. The molecule has 1 aliphatic rings. The number of imidazole rings is 1. The van der Waals surface area contributed by atoms with Gasteiger partial charge in [0.05, 0.1) is 0 Å². The summed E-state index contributed by atoms with van der Waals surface area (Å²) in [6.07, 6.45) is 6.08. The van der Waals surface area contributed by atoms with Crippen LogP contribution in [0.3, 0.4) is 0 Å². The fourth-order valence-corrected chi connectivity index (χ4v) is 4.20. The Morgan fingerprint density at radius 1 is 0.920 bits per heavy atom. The quantitative estimate of drug-likeness (QED) is 0.464. The summed E-state index contributed by atoms with van der Waals surface area (Å²) >= 11 is 0. The molecule has 0 saturated carbocycles. The predicted octanol–water partition coefficient (Wildman–Crippen LogP) is 5.31. The second-order valence-electron chi connectivity index (χ2n) is 7.00. The molecule has 0 radical (unpaired) electrons. The second kappa shape index (κ2) is 5.32. The average Bonchev–Trinajstić information content (AvgIpc) is 3.05. The van der Waals surface area contributed by atoms with Gasteiger partial charge in [0, 0.05) is 25.0 Å². The van der Waals surface area contributed by atoms with Crippen molar-refractivity contribution in [3.8, 4) is 22.5 Å². The molecule has 3 aromatic carbocycles. The molecule has 2 nitrogen and oxygen atoms in total. The van der Waals surface area contributed by atoms with Gasteiger partial charge in [-0.2, -0.15) is 0 Å². The lowest BCUT2D eigenvalue weighted by atomic mass is 9.80. The number of aryl methyl sites for hydroxylation is 3. The maximum Gasteiger partial charge on any atom is 0.140 e. The Balaban J connectivity index is 1.80. The van der Waals surface area contributed by atoms with Gasteiger partial charge in [-0.1, -0.05) is 42.5 Å². The third kappa shape index (κ3) is 2.14. The van der Waals surface area contributed by atoms with E-state index in [0.717, 1.165) is 18.7 Å². The highest BCUT2D eigenvalue weighted by atomic mass is 15.0. The number of fused-ring (bicyclic) bond motifs is 4. The Kier molecular flexibility index (Phi) is 3.08. The molecule has 1 heterocycles. The number of hydrogen-bond acceptors (Lipinski definition) is 1. The molecule has 0 atom stereocenters. The first-order valence-corrected chi connectivity index (χ1v) is 8.84. The Labute approximate surface area is 147 Å². The van der Waals surface area contributed by atoms with Crippen LogP contribution in [0.2, 0.25) is 0 Å². The molecule has 0 spiro atoms. The number of nitrogens with zero attached hydrogens (tertiary/aromatic N) is 2. The summed E-state index contributed by atoms with van der Waals surface area (Å²) in [5.74, 6) is 1.07. The van der Waals surface area contributed by atoms with E-state index in [0.29, 0.717) is 0 Å². The van der Waals surface area contributed by atoms with Crippen LogP contribution in [0, 0.1) is 6.92 Å². The van der Waals surface area contributed by atoms with Crippen LogP contribution < -0.4 is 0 Å². The molecule has 0 aliphatic heterocycles. The van der Waals surface area contributed by atoms with Crippen molar-refractivity contribution < 1.29 is 0 Å². The monoisotopic (exact) mass is 324 g/mol. The highest BCUT2D eigenvalue weighted by Crippen LogP contribution is 2.41. The van der Waals surface area contributed by atoms with Crippen molar-refractivity contribution in [3.63, 3.8) is 0 Å². The largest absolute Gasteiger partial charge is 0.334 e. The Morgan fingerprint density at radius 3 is 2.48 bits per heavy atom. The first kappa shape index (κ1) is 14.5. The van der Waals surface area contributed by atoms with Crippen molar-refractivity contribution in [3.05, 3.63) is 77.6 Å². The molecule has 2 heteroatoms. The summed E-state index contributed by atoms with van der Waals surface area (Å²) in [5.41, 5.74) is 8.27. The Hall–Kier alpha value is -2.87. The van der Waals surface area contributed by atoms with Crippen molar-refractivity contribution in [1.29, 1.82) is 0 Å². The van der Waals surface area contributed by atoms with E-state index in [4.69, 9.17) is 0 Å². The normalized spacial score (nSPS) is 12.9. The predicted molar refractivity (Wildman–Crippen MR) is 104 cm³/mol. The maximum atomic E-state index is 4.62. The molecule has 0 fully saturated rings. The minimum atomic E-state index is 1.07. The van der Waals surface area contributed by atoms with E-state index in [1.807, 2.05) is 12.4 Å². The van der Waals surface area contributed by atoms with E-state index in [1.54, 1.807) is 0 Å². The zero-order valence-electron chi connectivity index (χ0n) is 14.6. The lowest BCUT2D eigenvalue weighted by molar-refractivity contribution is 0.904. The van der Waals surface area contributed by atoms with E-state index < -0.39 is 0 Å². The van der Waals surface area contributed by atoms with Crippen LogP contribution in [0.4, 0.5) is 0 Å². The number of benzene rings is 3. The molecule has 0 bridgehead atoms. The Bertz CT molecular complexity index is 1120.